The second-order valence-electron chi connectivity index (χ2n) is 3.25. The van der Waals surface area contributed by atoms with Gasteiger partial charge in [-0.05, 0) is 13.3 Å². The number of morpholine rings is 1. The van der Waals surface area contributed by atoms with Crippen molar-refractivity contribution in [2.45, 2.75) is 26.3 Å². The number of rotatable bonds is 3. The molecule has 76 valence electrons. The summed E-state index contributed by atoms with van der Waals surface area (Å²) in [5.74, 6) is 0. The van der Waals surface area contributed by atoms with E-state index in [4.69, 9.17) is 16.3 Å². The van der Waals surface area contributed by atoms with Crippen LogP contribution in [-0.2, 0) is 4.74 Å². The second-order valence-corrected chi connectivity index (χ2v) is 3.79. The quantitative estimate of drug-likeness (QED) is 0.654. The van der Waals surface area contributed by atoms with E-state index >= 15 is 0 Å². The van der Waals surface area contributed by atoms with Gasteiger partial charge in [0.1, 0.15) is 0 Å². The highest BCUT2D eigenvalue weighted by Gasteiger charge is 2.20. The average molecular weight is 205 g/mol. The predicted octanol–water partition coefficient (Wildman–Crippen LogP) is 1.71. The maximum absolute atomic E-state index is 5.68. The molecule has 0 aliphatic carbocycles. The summed E-state index contributed by atoms with van der Waals surface area (Å²) in [6.45, 7) is 7.29. The molecule has 4 heteroatoms. The summed E-state index contributed by atoms with van der Waals surface area (Å²) in [4.78, 5) is 6.51. The summed E-state index contributed by atoms with van der Waals surface area (Å²) >= 11 is 5.68. The molecule has 0 aromatic carbocycles. The first-order chi connectivity index (χ1) is 6.24. The van der Waals surface area contributed by atoms with Gasteiger partial charge in [-0.3, -0.25) is 9.89 Å². The normalized spacial score (nSPS) is 26.4. The zero-order valence-electron chi connectivity index (χ0n) is 8.29. The van der Waals surface area contributed by atoms with E-state index < -0.39 is 0 Å². The van der Waals surface area contributed by atoms with E-state index in [0.717, 1.165) is 26.2 Å². The first-order valence-electron chi connectivity index (χ1n) is 4.72. The molecule has 3 nitrogen and oxygen atoms in total. The zero-order chi connectivity index (χ0) is 9.68. The number of aliphatic imine (C=N–C) groups is 1. The molecule has 0 radical (unpaired) electrons. The van der Waals surface area contributed by atoms with E-state index in [9.17, 15) is 0 Å². The fourth-order valence-corrected chi connectivity index (χ4v) is 1.49. The maximum Gasteiger partial charge on any atom is 0.0988 e. The topological polar surface area (TPSA) is 24.8 Å². The minimum atomic E-state index is 0.508. The Kier molecular flexibility index (Phi) is 4.70. The van der Waals surface area contributed by atoms with Crippen molar-refractivity contribution in [3.8, 4) is 0 Å². The van der Waals surface area contributed by atoms with Crippen molar-refractivity contribution in [2.75, 3.05) is 26.4 Å². The van der Waals surface area contributed by atoms with E-state index in [0.29, 0.717) is 17.9 Å². The van der Waals surface area contributed by atoms with Crippen molar-refractivity contribution in [2.24, 2.45) is 4.99 Å². The van der Waals surface area contributed by atoms with Crippen molar-refractivity contribution in [3.63, 3.8) is 0 Å². The summed E-state index contributed by atoms with van der Waals surface area (Å²) in [5.41, 5.74) is 0. The number of nitrogens with zero attached hydrogens (tertiary/aromatic N) is 2. The molecule has 1 fully saturated rings. The van der Waals surface area contributed by atoms with Crippen molar-refractivity contribution in [1.29, 1.82) is 0 Å². The van der Waals surface area contributed by atoms with Crippen LogP contribution in [0.1, 0.15) is 20.3 Å². The molecule has 0 bridgehead atoms. The summed E-state index contributed by atoms with van der Waals surface area (Å²) in [6, 6.07) is 0.508. The standard InChI is InChI=1S/C9H17ClN2O/c1-3-9-6-13-5-4-12(9)7-11-8(2)10/h9H,3-7H2,1-2H3/b11-8+/t9-/m1/s1. The molecule has 0 aromatic rings. The molecule has 0 amide bonds. The summed E-state index contributed by atoms with van der Waals surface area (Å²) < 4.78 is 5.39. The van der Waals surface area contributed by atoms with Gasteiger partial charge in [0.05, 0.1) is 25.1 Å². The van der Waals surface area contributed by atoms with Crippen LogP contribution in [0.15, 0.2) is 4.99 Å². The van der Waals surface area contributed by atoms with Gasteiger partial charge in [0.2, 0.25) is 0 Å². The molecule has 0 N–H and O–H groups in total. The largest absolute Gasteiger partial charge is 0.378 e. The minimum absolute atomic E-state index is 0.508. The van der Waals surface area contributed by atoms with Crippen LogP contribution in [-0.4, -0.2) is 42.5 Å². The Morgan fingerprint density at radius 1 is 1.69 bits per heavy atom. The maximum atomic E-state index is 5.68. The van der Waals surface area contributed by atoms with Gasteiger partial charge in [-0.1, -0.05) is 18.5 Å². The van der Waals surface area contributed by atoms with Gasteiger partial charge in [-0.2, -0.15) is 0 Å². The van der Waals surface area contributed by atoms with E-state index in [1.165, 1.54) is 0 Å². The molecule has 1 heterocycles. The summed E-state index contributed by atoms with van der Waals surface area (Å²) in [6.07, 6.45) is 1.11. The Bertz CT molecular complexity index is 180. The lowest BCUT2D eigenvalue weighted by atomic mass is 10.2. The van der Waals surface area contributed by atoms with Crippen molar-refractivity contribution in [3.05, 3.63) is 0 Å². The highest BCUT2D eigenvalue weighted by molar-refractivity contribution is 6.64. The minimum Gasteiger partial charge on any atom is -0.378 e. The monoisotopic (exact) mass is 204 g/mol. The molecule has 1 aliphatic heterocycles. The van der Waals surface area contributed by atoms with Gasteiger partial charge in [-0.25, -0.2) is 0 Å². The Hall–Kier alpha value is -0.120. The number of ether oxygens (including phenoxy) is 1. The van der Waals surface area contributed by atoms with E-state index in [2.05, 4.69) is 16.8 Å². The van der Waals surface area contributed by atoms with Gasteiger partial charge in [0.15, 0.2) is 0 Å². The van der Waals surface area contributed by atoms with Gasteiger partial charge in [0.25, 0.3) is 0 Å². The fraction of sp³-hybridized carbons (Fsp3) is 0.889. The van der Waals surface area contributed by atoms with Crippen LogP contribution < -0.4 is 0 Å². The number of halogens is 1. The van der Waals surface area contributed by atoms with Gasteiger partial charge in [-0.15, -0.1) is 0 Å². The van der Waals surface area contributed by atoms with Crippen LogP contribution in [0.5, 0.6) is 0 Å². The second kappa shape index (κ2) is 5.58. The van der Waals surface area contributed by atoms with E-state index in [-0.39, 0.29) is 0 Å². The van der Waals surface area contributed by atoms with E-state index in [1.807, 2.05) is 6.92 Å². The van der Waals surface area contributed by atoms with Crippen LogP contribution in [0.3, 0.4) is 0 Å². The molecule has 1 atom stereocenters. The highest BCUT2D eigenvalue weighted by atomic mass is 35.5. The first kappa shape index (κ1) is 11.0. The zero-order valence-corrected chi connectivity index (χ0v) is 9.05. The van der Waals surface area contributed by atoms with Crippen molar-refractivity contribution < 1.29 is 4.74 Å². The van der Waals surface area contributed by atoms with Crippen LogP contribution in [0.25, 0.3) is 0 Å². The van der Waals surface area contributed by atoms with Gasteiger partial charge in [0, 0.05) is 12.6 Å². The van der Waals surface area contributed by atoms with Crippen molar-refractivity contribution in [1.82, 2.24) is 4.90 Å². The van der Waals surface area contributed by atoms with Gasteiger partial charge < -0.3 is 4.74 Å². The molecule has 13 heavy (non-hydrogen) atoms. The van der Waals surface area contributed by atoms with Crippen LogP contribution >= 0.6 is 11.6 Å². The Morgan fingerprint density at radius 3 is 3.08 bits per heavy atom. The van der Waals surface area contributed by atoms with Crippen LogP contribution in [0.4, 0.5) is 0 Å². The van der Waals surface area contributed by atoms with Gasteiger partial charge >= 0.3 is 0 Å². The molecule has 1 saturated heterocycles. The summed E-state index contributed by atoms with van der Waals surface area (Å²) in [7, 11) is 0. The Balaban J connectivity index is 2.40. The number of hydrogen-bond donors (Lipinski definition) is 0. The fourth-order valence-electron chi connectivity index (χ4n) is 1.44. The van der Waals surface area contributed by atoms with E-state index in [1.54, 1.807) is 0 Å². The number of hydrogen-bond acceptors (Lipinski definition) is 3. The average Bonchev–Trinajstić information content (AvgIpc) is 2.15. The van der Waals surface area contributed by atoms with Crippen molar-refractivity contribution >= 4 is 16.8 Å². The molecular weight excluding hydrogens is 188 g/mol. The summed E-state index contributed by atoms with van der Waals surface area (Å²) in [5, 5.41) is 0.626. The lowest BCUT2D eigenvalue weighted by molar-refractivity contribution is -0.00691. The molecule has 0 spiro atoms. The first-order valence-corrected chi connectivity index (χ1v) is 5.10. The molecule has 1 aliphatic rings. The third-order valence-corrected chi connectivity index (χ3v) is 2.41. The lowest BCUT2D eigenvalue weighted by Gasteiger charge is -2.33. The lowest BCUT2D eigenvalue weighted by Crippen LogP contribution is -2.45. The Labute approximate surface area is 84.7 Å². The highest BCUT2D eigenvalue weighted by Crippen LogP contribution is 2.09. The predicted molar refractivity (Wildman–Crippen MR) is 55.4 cm³/mol. The smallest absolute Gasteiger partial charge is 0.0988 e. The van der Waals surface area contributed by atoms with Crippen LogP contribution in [0.2, 0.25) is 0 Å². The third kappa shape index (κ3) is 3.63. The van der Waals surface area contributed by atoms with Crippen LogP contribution in [0, 0.1) is 0 Å². The molecule has 1 rings (SSSR count). The molecule has 0 aromatic heterocycles. The molecule has 0 saturated carbocycles. The molecule has 0 unspecified atom stereocenters. The SMILES string of the molecule is CC[C@@H]1COCCN1C/N=C(\C)Cl. The molecular formula is C9H17ClN2O. The third-order valence-electron chi connectivity index (χ3n) is 2.29. The Morgan fingerprint density at radius 2 is 2.46 bits per heavy atom.